The van der Waals surface area contributed by atoms with Gasteiger partial charge in [0, 0.05) is 11.1 Å². The normalized spacial score (nSPS) is 11.1. The molecule has 0 saturated carbocycles. The second kappa shape index (κ2) is 3.41. The third-order valence-electron chi connectivity index (χ3n) is 2.53. The summed E-state index contributed by atoms with van der Waals surface area (Å²) in [7, 11) is 0. The summed E-state index contributed by atoms with van der Waals surface area (Å²) in [5, 5.41) is 1.26. The van der Waals surface area contributed by atoms with Crippen molar-refractivity contribution in [2.75, 3.05) is 0 Å². The van der Waals surface area contributed by atoms with Crippen molar-refractivity contribution in [1.82, 2.24) is 4.98 Å². The van der Waals surface area contributed by atoms with E-state index in [4.69, 9.17) is 0 Å². The van der Waals surface area contributed by atoms with Crippen LogP contribution in [-0.4, -0.2) is 4.98 Å². The number of para-hydroxylation sites is 1. The summed E-state index contributed by atoms with van der Waals surface area (Å²) in [6.45, 7) is 6.50. The molecule has 2 aromatic rings. The number of aryl methyl sites for hydroxylation is 1. The molecule has 1 heterocycles. The fourth-order valence-corrected chi connectivity index (χ4v) is 1.67. The summed E-state index contributed by atoms with van der Waals surface area (Å²) in [5.41, 5.74) is 3.61. The Bertz CT molecular complexity index is 458. The number of fused-ring (bicyclic) bond motifs is 1. The quantitative estimate of drug-likeness (QED) is 0.660. The number of hydrogen-bond donors (Lipinski definition) is 0. The molecule has 1 heteroatoms. The van der Waals surface area contributed by atoms with Gasteiger partial charge in [0.05, 0.1) is 5.52 Å². The van der Waals surface area contributed by atoms with E-state index >= 15 is 0 Å². The van der Waals surface area contributed by atoms with Gasteiger partial charge in [-0.25, -0.2) is 0 Å². The van der Waals surface area contributed by atoms with Gasteiger partial charge in [-0.2, -0.15) is 0 Å². The average Bonchev–Trinajstić information content (AvgIpc) is 2.17. The van der Waals surface area contributed by atoms with Gasteiger partial charge in [-0.15, -0.1) is 0 Å². The molecule has 0 bridgehead atoms. The van der Waals surface area contributed by atoms with Crippen LogP contribution >= 0.6 is 0 Å². The Kier molecular flexibility index (Phi) is 2.24. The lowest BCUT2D eigenvalue weighted by molar-refractivity contribution is 0.828. The van der Waals surface area contributed by atoms with Crippen LogP contribution in [0.2, 0.25) is 0 Å². The molecular weight excluding hydrogens is 170 g/mol. The van der Waals surface area contributed by atoms with Crippen LogP contribution in [0.4, 0.5) is 0 Å². The summed E-state index contributed by atoms with van der Waals surface area (Å²) in [6, 6.07) is 10.5. The predicted octanol–water partition coefficient (Wildman–Crippen LogP) is 3.67. The maximum Gasteiger partial charge on any atom is 0.0708 e. The number of rotatable bonds is 1. The molecule has 0 aliphatic rings. The number of benzene rings is 1. The Morgan fingerprint density at radius 2 is 1.86 bits per heavy atom. The maximum atomic E-state index is 4.64. The molecule has 0 radical (unpaired) electrons. The molecule has 1 aromatic heterocycles. The lowest BCUT2D eigenvalue weighted by Crippen LogP contribution is -1.94. The van der Waals surface area contributed by atoms with Crippen molar-refractivity contribution < 1.29 is 0 Å². The largest absolute Gasteiger partial charge is 0.253 e. The fraction of sp³-hybridized carbons (Fsp3) is 0.308. The standard InChI is InChI=1S/C13H15N/c1-9(2)13-8-10(3)11-6-4-5-7-12(11)14-13/h4-9H,1-3H3. The van der Waals surface area contributed by atoms with Crippen LogP contribution in [0.25, 0.3) is 10.9 Å². The number of nitrogens with zero attached hydrogens (tertiary/aromatic N) is 1. The Morgan fingerprint density at radius 1 is 1.14 bits per heavy atom. The highest BCUT2D eigenvalue weighted by Crippen LogP contribution is 2.21. The Balaban J connectivity index is 2.72. The maximum absolute atomic E-state index is 4.64. The van der Waals surface area contributed by atoms with E-state index in [9.17, 15) is 0 Å². The van der Waals surface area contributed by atoms with E-state index in [2.05, 4.69) is 50.0 Å². The molecular formula is C13H15N. The zero-order valence-electron chi connectivity index (χ0n) is 8.91. The smallest absolute Gasteiger partial charge is 0.0708 e. The summed E-state index contributed by atoms with van der Waals surface area (Å²) in [6.07, 6.45) is 0. The number of aromatic nitrogens is 1. The molecule has 14 heavy (non-hydrogen) atoms. The summed E-state index contributed by atoms with van der Waals surface area (Å²) < 4.78 is 0. The van der Waals surface area contributed by atoms with Crippen molar-refractivity contribution in [3.63, 3.8) is 0 Å². The van der Waals surface area contributed by atoms with Gasteiger partial charge in [0.1, 0.15) is 0 Å². The van der Waals surface area contributed by atoms with Crippen molar-refractivity contribution in [2.45, 2.75) is 26.7 Å². The van der Waals surface area contributed by atoms with Gasteiger partial charge < -0.3 is 0 Å². The van der Waals surface area contributed by atoms with E-state index in [-0.39, 0.29) is 0 Å². The molecule has 1 nitrogen and oxygen atoms in total. The summed E-state index contributed by atoms with van der Waals surface area (Å²) in [4.78, 5) is 4.64. The van der Waals surface area contributed by atoms with Crippen molar-refractivity contribution >= 4 is 10.9 Å². The highest BCUT2D eigenvalue weighted by Gasteiger charge is 2.04. The first-order valence-corrected chi connectivity index (χ1v) is 5.05. The first-order valence-electron chi connectivity index (χ1n) is 5.05. The molecule has 0 aliphatic carbocycles. The van der Waals surface area contributed by atoms with E-state index in [1.807, 2.05) is 6.07 Å². The minimum absolute atomic E-state index is 0.498. The lowest BCUT2D eigenvalue weighted by atomic mass is 10.0. The molecule has 0 N–H and O–H groups in total. The third-order valence-corrected chi connectivity index (χ3v) is 2.53. The second-order valence-electron chi connectivity index (χ2n) is 4.04. The van der Waals surface area contributed by atoms with E-state index in [1.165, 1.54) is 16.6 Å². The van der Waals surface area contributed by atoms with Gasteiger partial charge in [0.15, 0.2) is 0 Å². The van der Waals surface area contributed by atoms with Gasteiger partial charge in [0.25, 0.3) is 0 Å². The van der Waals surface area contributed by atoms with Crippen LogP contribution in [0.3, 0.4) is 0 Å². The van der Waals surface area contributed by atoms with Crippen molar-refractivity contribution in [3.05, 3.63) is 41.6 Å². The van der Waals surface area contributed by atoms with Gasteiger partial charge in [-0.1, -0.05) is 32.0 Å². The third kappa shape index (κ3) is 1.50. The average molecular weight is 185 g/mol. The highest BCUT2D eigenvalue weighted by molar-refractivity contribution is 5.82. The minimum atomic E-state index is 0.498. The van der Waals surface area contributed by atoms with Crippen molar-refractivity contribution in [2.24, 2.45) is 0 Å². The molecule has 0 amide bonds. The zero-order chi connectivity index (χ0) is 10.1. The second-order valence-corrected chi connectivity index (χ2v) is 4.04. The van der Waals surface area contributed by atoms with Gasteiger partial charge in [0.2, 0.25) is 0 Å². The molecule has 0 unspecified atom stereocenters. The van der Waals surface area contributed by atoms with Crippen LogP contribution in [0.1, 0.15) is 31.0 Å². The minimum Gasteiger partial charge on any atom is -0.253 e. The van der Waals surface area contributed by atoms with E-state index in [0.717, 1.165) is 5.52 Å². The zero-order valence-corrected chi connectivity index (χ0v) is 8.91. The summed E-state index contributed by atoms with van der Waals surface area (Å²) >= 11 is 0. The Morgan fingerprint density at radius 3 is 2.57 bits per heavy atom. The van der Waals surface area contributed by atoms with Crippen LogP contribution in [0.15, 0.2) is 30.3 Å². The highest BCUT2D eigenvalue weighted by atomic mass is 14.7. The SMILES string of the molecule is Cc1cc(C(C)C)nc2ccccc12. The van der Waals surface area contributed by atoms with E-state index < -0.39 is 0 Å². The Hall–Kier alpha value is -1.37. The molecule has 0 atom stereocenters. The molecule has 0 saturated heterocycles. The predicted molar refractivity (Wildman–Crippen MR) is 60.6 cm³/mol. The molecule has 0 spiro atoms. The summed E-state index contributed by atoms with van der Waals surface area (Å²) in [5.74, 6) is 0.498. The van der Waals surface area contributed by atoms with Gasteiger partial charge >= 0.3 is 0 Å². The monoisotopic (exact) mass is 185 g/mol. The number of pyridine rings is 1. The van der Waals surface area contributed by atoms with Crippen LogP contribution in [0, 0.1) is 6.92 Å². The molecule has 2 rings (SSSR count). The first-order chi connectivity index (χ1) is 6.68. The molecule has 72 valence electrons. The lowest BCUT2D eigenvalue weighted by Gasteiger charge is -2.08. The van der Waals surface area contributed by atoms with E-state index in [0.29, 0.717) is 5.92 Å². The van der Waals surface area contributed by atoms with Gasteiger partial charge in [-0.05, 0) is 30.5 Å². The van der Waals surface area contributed by atoms with Crippen LogP contribution < -0.4 is 0 Å². The Labute approximate surface area is 84.8 Å². The molecule has 0 aliphatic heterocycles. The molecule has 0 fully saturated rings. The van der Waals surface area contributed by atoms with E-state index in [1.54, 1.807) is 0 Å². The van der Waals surface area contributed by atoms with Crippen LogP contribution in [0.5, 0.6) is 0 Å². The van der Waals surface area contributed by atoms with Gasteiger partial charge in [-0.3, -0.25) is 4.98 Å². The van der Waals surface area contributed by atoms with Crippen LogP contribution in [-0.2, 0) is 0 Å². The first kappa shape index (κ1) is 9.20. The topological polar surface area (TPSA) is 12.9 Å². The fourth-order valence-electron chi connectivity index (χ4n) is 1.67. The number of hydrogen-bond acceptors (Lipinski definition) is 1. The van der Waals surface area contributed by atoms with Crippen molar-refractivity contribution in [3.8, 4) is 0 Å². The van der Waals surface area contributed by atoms with Crippen molar-refractivity contribution in [1.29, 1.82) is 0 Å². The molecule has 1 aromatic carbocycles.